The van der Waals surface area contributed by atoms with E-state index in [1.54, 1.807) is 12.3 Å². The SMILES string of the molecule is CCC1CCCCC1Oc1cncc(C(=O)O)c1. The van der Waals surface area contributed by atoms with Crippen LogP contribution in [0.25, 0.3) is 0 Å². The molecule has 1 saturated carbocycles. The second kappa shape index (κ2) is 5.85. The van der Waals surface area contributed by atoms with Gasteiger partial charge < -0.3 is 9.84 Å². The van der Waals surface area contributed by atoms with Crippen molar-refractivity contribution in [3.05, 3.63) is 24.0 Å². The minimum atomic E-state index is -0.969. The number of rotatable bonds is 4. The van der Waals surface area contributed by atoms with E-state index in [9.17, 15) is 4.79 Å². The summed E-state index contributed by atoms with van der Waals surface area (Å²) in [6, 6.07) is 1.55. The lowest BCUT2D eigenvalue weighted by molar-refractivity contribution is 0.0692. The van der Waals surface area contributed by atoms with Crippen molar-refractivity contribution in [1.29, 1.82) is 0 Å². The Labute approximate surface area is 107 Å². The van der Waals surface area contributed by atoms with E-state index < -0.39 is 5.97 Å². The first-order valence-electron chi connectivity index (χ1n) is 6.55. The summed E-state index contributed by atoms with van der Waals surface area (Å²) in [5, 5.41) is 8.92. The van der Waals surface area contributed by atoms with Crippen LogP contribution in [-0.2, 0) is 0 Å². The monoisotopic (exact) mass is 249 g/mol. The van der Waals surface area contributed by atoms with E-state index in [1.165, 1.54) is 25.5 Å². The van der Waals surface area contributed by atoms with Gasteiger partial charge >= 0.3 is 5.97 Å². The first-order valence-corrected chi connectivity index (χ1v) is 6.55. The molecule has 2 unspecified atom stereocenters. The van der Waals surface area contributed by atoms with Gasteiger partial charge in [-0.3, -0.25) is 4.98 Å². The number of hydrogen-bond donors (Lipinski definition) is 1. The number of aromatic nitrogens is 1. The third-order valence-corrected chi connectivity index (χ3v) is 3.61. The molecule has 0 spiro atoms. The highest BCUT2D eigenvalue weighted by atomic mass is 16.5. The maximum absolute atomic E-state index is 10.9. The lowest BCUT2D eigenvalue weighted by Gasteiger charge is -2.31. The summed E-state index contributed by atoms with van der Waals surface area (Å²) in [5.41, 5.74) is 0.177. The van der Waals surface area contributed by atoms with Crippen molar-refractivity contribution in [2.24, 2.45) is 5.92 Å². The third-order valence-electron chi connectivity index (χ3n) is 3.61. The maximum atomic E-state index is 10.9. The summed E-state index contributed by atoms with van der Waals surface area (Å²) in [4.78, 5) is 14.8. The second-order valence-corrected chi connectivity index (χ2v) is 4.82. The van der Waals surface area contributed by atoms with Crippen LogP contribution in [0.3, 0.4) is 0 Å². The molecule has 2 rings (SSSR count). The van der Waals surface area contributed by atoms with Crippen LogP contribution >= 0.6 is 0 Å². The fourth-order valence-corrected chi connectivity index (χ4v) is 2.57. The first-order chi connectivity index (χ1) is 8.70. The lowest BCUT2D eigenvalue weighted by Crippen LogP contribution is -2.30. The Morgan fingerprint density at radius 3 is 2.94 bits per heavy atom. The number of nitrogens with zero attached hydrogens (tertiary/aromatic N) is 1. The van der Waals surface area contributed by atoms with Crippen molar-refractivity contribution in [2.45, 2.75) is 45.1 Å². The zero-order valence-electron chi connectivity index (χ0n) is 10.6. The third kappa shape index (κ3) is 3.00. The van der Waals surface area contributed by atoms with Crippen LogP contribution < -0.4 is 4.74 Å². The number of pyridine rings is 1. The minimum absolute atomic E-state index is 0.177. The molecular formula is C14H19NO3. The van der Waals surface area contributed by atoms with Crippen molar-refractivity contribution in [3.63, 3.8) is 0 Å². The molecule has 0 aliphatic heterocycles. The second-order valence-electron chi connectivity index (χ2n) is 4.82. The Morgan fingerprint density at radius 2 is 2.22 bits per heavy atom. The van der Waals surface area contributed by atoms with Crippen molar-refractivity contribution < 1.29 is 14.6 Å². The summed E-state index contributed by atoms with van der Waals surface area (Å²) in [6.45, 7) is 2.18. The predicted molar refractivity (Wildman–Crippen MR) is 67.9 cm³/mol. The summed E-state index contributed by atoms with van der Waals surface area (Å²) in [7, 11) is 0. The van der Waals surface area contributed by atoms with E-state index in [-0.39, 0.29) is 11.7 Å². The molecular weight excluding hydrogens is 230 g/mol. The Morgan fingerprint density at radius 1 is 1.44 bits per heavy atom. The topological polar surface area (TPSA) is 59.4 Å². The Kier molecular flexibility index (Phi) is 4.18. The van der Waals surface area contributed by atoms with Gasteiger partial charge in [0, 0.05) is 6.20 Å². The molecule has 1 N–H and O–H groups in total. The molecule has 0 saturated heterocycles. The Hall–Kier alpha value is -1.58. The van der Waals surface area contributed by atoms with Gasteiger partial charge in [0.15, 0.2) is 0 Å². The molecule has 1 aliphatic rings. The molecule has 18 heavy (non-hydrogen) atoms. The molecule has 0 bridgehead atoms. The van der Waals surface area contributed by atoms with Gasteiger partial charge in [-0.15, -0.1) is 0 Å². The molecule has 1 aromatic heterocycles. The predicted octanol–water partition coefficient (Wildman–Crippen LogP) is 3.13. The first kappa shape index (κ1) is 12.9. The van der Waals surface area contributed by atoms with Crippen LogP contribution in [0, 0.1) is 5.92 Å². The average molecular weight is 249 g/mol. The van der Waals surface area contributed by atoms with E-state index in [1.807, 2.05) is 0 Å². The molecule has 1 heterocycles. The zero-order chi connectivity index (χ0) is 13.0. The van der Waals surface area contributed by atoms with E-state index >= 15 is 0 Å². The molecule has 1 fully saturated rings. The summed E-state index contributed by atoms with van der Waals surface area (Å²) in [5.74, 6) is 0.177. The summed E-state index contributed by atoms with van der Waals surface area (Å²) < 4.78 is 5.92. The van der Waals surface area contributed by atoms with E-state index in [0.717, 1.165) is 12.8 Å². The van der Waals surface area contributed by atoms with E-state index in [2.05, 4.69) is 11.9 Å². The van der Waals surface area contributed by atoms with Crippen molar-refractivity contribution in [1.82, 2.24) is 4.98 Å². The van der Waals surface area contributed by atoms with Crippen LogP contribution in [0.4, 0.5) is 0 Å². The van der Waals surface area contributed by atoms with Gasteiger partial charge in [-0.05, 0) is 37.7 Å². The van der Waals surface area contributed by atoms with E-state index in [0.29, 0.717) is 11.7 Å². The van der Waals surface area contributed by atoms with Crippen molar-refractivity contribution >= 4 is 5.97 Å². The van der Waals surface area contributed by atoms with Gasteiger partial charge in [0.2, 0.25) is 0 Å². The highest BCUT2D eigenvalue weighted by Gasteiger charge is 2.25. The average Bonchev–Trinajstić information content (AvgIpc) is 2.39. The molecule has 0 aromatic carbocycles. The fourth-order valence-electron chi connectivity index (χ4n) is 2.57. The molecule has 0 amide bonds. The molecule has 2 atom stereocenters. The number of carboxylic acid groups (broad SMARTS) is 1. The summed E-state index contributed by atoms with van der Waals surface area (Å²) >= 11 is 0. The van der Waals surface area contributed by atoms with Crippen LogP contribution in [0.1, 0.15) is 49.4 Å². The Balaban J connectivity index is 2.07. The Bertz CT molecular complexity index is 419. The molecule has 4 heteroatoms. The smallest absolute Gasteiger partial charge is 0.337 e. The maximum Gasteiger partial charge on any atom is 0.337 e. The fraction of sp³-hybridized carbons (Fsp3) is 0.571. The van der Waals surface area contributed by atoms with Crippen LogP contribution in [-0.4, -0.2) is 22.2 Å². The van der Waals surface area contributed by atoms with Crippen molar-refractivity contribution in [2.75, 3.05) is 0 Å². The van der Waals surface area contributed by atoms with Gasteiger partial charge in [0.05, 0.1) is 11.8 Å². The number of ether oxygens (including phenoxy) is 1. The highest BCUT2D eigenvalue weighted by Crippen LogP contribution is 2.30. The van der Waals surface area contributed by atoms with Gasteiger partial charge in [0.25, 0.3) is 0 Å². The number of carbonyl (C=O) groups is 1. The minimum Gasteiger partial charge on any atom is -0.489 e. The van der Waals surface area contributed by atoms with Gasteiger partial charge in [-0.2, -0.15) is 0 Å². The number of aromatic carboxylic acids is 1. The van der Waals surface area contributed by atoms with Gasteiger partial charge in [0.1, 0.15) is 11.9 Å². The largest absolute Gasteiger partial charge is 0.489 e. The van der Waals surface area contributed by atoms with Gasteiger partial charge in [-0.25, -0.2) is 4.79 Å². The molecule has 1 aromatic rings. The van der Waals surface area contributed by atoms with Crippen LogP contribution in [0.15, 0.2) is 18.5 Å². The molecule has 4 nitrogen and oxygen atoms in total. The molecule has 98 valence electrons. The zero-order valence-corrected chi connectivity index (χ0v) is 10.6. The summed E-state index contributed by atoms with van der Waals surface area (Å²) in [6.07, 6.45) is 8.95. The highest BCUT2D eigenvalue weighted by molar-refractivity contribution is 5.87. The van der Waals surface area contributed by atoms with E-state index in [4.69, 9.17) is 9.84 Å². The van der Waals surface area contributed by atoms with Crippen LogP contribution in [0.2, 0.25) is 0 Å². The number of carboxylic acids is 1. The standard InChI is InChI=1S/C14H19NO3/c1-2-10-5-3-4-6-13(10)18-12-7-11(14(16)17)8-15-9-12/h7-10,13H,2-6H2,1H3,(H,16,17). The lowest BCUT2D eigenvalue weighted by atomic mass is 9.85. The number of hydrogen-bond acceptors (Lipinski definition) is 3. The molecule has 1 aliphatic carbocycles. The normalized spacial score (nSPS) is 23.6. The van der Waals surface area contributed by atoms with Crippen molar-refractivity contribution in [3.8, 4) is 5.75 Å². The quantitative estimate of drug-likeness (QED) is 0.890. The van der Waals surface area contributed by atoms with Gasteiger partial charge in [-0.1, -0.05) is 13.3 Å². The van der Waals surface area contributed by atoms with Crippen LogP contribution in [0.5, 0.6) is 5.75 Å². The molecule has 0 radical (unpaired) electrons.